The summed E-state index contributed by atoms with van der Waals surface area (Å²) >= 11 is 0. The number of amides is 2. The minimum absolute atomic E-state index is 0.00212. The lowest BCUT2D eigenvalue weighted by Gasteiger charge is -2.35. The smallest absolute Gasteiger partial charge is 0.241 e. The molecule has 2 fully saturated rings. The Morgan fingerprint density at radius 3 is 2.48 bits per heavy atom. The van der Waals surface area contributed by atoms with Crippen molar-refractivity contribution < 1.29 is 9.59 Å². The average Bonchev–Trinajstić information content (AvgIpc) is 2.91. The summed E-state index contributed by atoms with van der Waals surface area (Å²) in [6.45, 7) is 0.0848. The molecule has 5 nitrogen and oxygen atoms in total. The monoisotopic (exact) mass is 315 g/mol. The van der Waals surface area contributed by atoms with E-state index in [4.69, 9.17) is 0 Å². The van der Waals surface area contributed by atoms with Crippen LogP contribution in [0.2, 0.25) is 0 Å². The maximum Gasteiger partial charge on any atom is 0.241 e. The van der Waals surface area contributed by atoms with Gasteiger partial charge in [0.2, 0.25) is 11.8 Å². The van der Waals surface area contributed by atoms with E-state index in [1.54, 1.807) is 0 Å². The van der Waals surface area contributed by atoms with Crippen molar-refractivity contribution in [2.75, 3.05) is 13.6 Å². The van der Waals surface area contributed by atoms with Crippen LogP contribution in [0, 0.1) is 0 Å². The molecule has 0 radical (unpaired) electrons. The number of nitrogens with zero attached hydrogens (tertiary/aromatic N) is 1. The van der Waals surface area contributed by atoms with Crippen LogP contribution in [0.1, 0.15) is 31.2 Å². The molecule has 3 rings (SSSR count). The van der Waals surface area contributed by atoms with Gasteiger partial charge in [0.1, 0.15) is 0 Å². The first-order valence-corrected chi connectivity index (χ1v) is 8.44. The van der Waals surface area contributed by atoms with Crippen molar-refractivity contribution in [1.82, 2.24) is 15.5 Å². The van der Waals surface area contributed by atoms with E-state index >= 15 is 0 Å². The van der Waals surface area contributed by atoms with E-state index in [-0.39, 0.29) is 18.4 Å². The summed E-state index contributed by atoms with van der Waals surface area (Å²) in [5, 5.41) is 6.33. The third kappa shape index (κ3) is 4.10. The number of rotatable bonds is 5. The molecular formula is C18H25N3O2. The average molecular weight is 315 g/mol. The quantitative estimate of drug-likeness (QED) is 0.855. The highest BCUT2D eigenvalue weighted by Gasteiger charge is 2.36. The Labute approximate surface area is 137 Å². The highest BCUT2D eigenvalue weighted by Crippen LogP contribution is 2.29. The van der Waals surface area contributed by atoms with E-state index < -0.39 is 0 Å². The zero-order chi connectivity index (χ0) is 16.2. The molecule has 124 valence electrons. The number of carbonyl (C=O) groups excluding carboxylic acids is 2. The third-order valence-electron chi connectivity index (χ3n) is 5.03. The minimum atomic E-state index is -0.108. The highest BCUT2D eigenvalue weighted by molar-refractivity contribution is 5.85. The molecule has 2 aliphatic rings. The van der Waals surface area contributed by atoms with Gasteiger partial charge in [-0.1, -0.05) is 30.3 Å². The number of likely N-dealkylation sites (N-methyl/N-ethyl adjacent to an activating group) is 1. The van der Waals surface area contributed by atoms with Crippen LogP contribution in [0.4, 0.5) is 0 Å². The van der Waals surface area contributed by atoms with Crippen LogP contribution in [-0.2, 0) is 16.0 Å². The van der Waals surface area contributed by atoms with Crippen LogP contribution < -0.4 is 10.6 Å². The predicted molar refractivity (Wildman–Crippen MR) is 88.9 cm³/mol. The van der Waals surface area contributed by atoms with Crippen molar-refractivity contribution in [1.29, 1.82) is 0 Å². The van der Waals surface area contributed by atoms with Crippen LogP contribution >= 0.6 is 0 Å². The summed E-state index contributed by atoms with van der Waals surface area (Å²) in [5.41, 5.74) is 0.959. The molecule has 1 aromatic rings. The van der Waals surface area contributed by atoms with Gasteiger partial charge in [-0.05, 0) is 31.2 Å². The zero-order valence-electron chi connectivity index (χ0n) is 13.6. The Morgan fingerprint density at radius 1 is 1.17 bits per heavy atom. The van der Waals surface area contributed by atoms with E-state index in [1.807, 2.05) is 42.3 Å². The Bertz CT molecular complexity index is 549. The predicted octanol–water partition coefficient (Wildman–Crippen LogP) is 1.09. The summed E-state index contributed by atoms with van der Waals surface area (Å²) in [6.07, 6.45) is 4.80. The molecule has 2 N–H and O–H groups in total. The molecule has 2 aliphatic heterocycles. The van der Waals surface area contributed by atoms with E-state index in [2.05, 4.69) is 10.6 Å². The van der Waals surface area contributed by atoms with Crippen molar-refractivity contribution in [3.8, 4) is 0 Å². The molecule has 23 heavy (non-hydrogen) atoms. The molecule has 2 saturated heterocycles. The molecule has 0 spiro atoms. The van der Waals surface area contributed by atoms with Crippen molar-refractivity contribution in [2.24, 2.45) is 0 Å². The molecule has 2 bridgehead atoms. The lowest BCUT2D eigenvalue weighted by atomic mass is 9.98. The summed E-state index contributed by atoms with van der Waals surface area (Å²) in [7, 11) is 1.86. The number of fused-ring (bicyclic) bond motifs is 2. The molecular weight excluding hydrogens is 290 g/mol. The van der Waals surface area contributed by atoms with E-state index in [0.29, 0.717) is 24.5 Å². The maximum atomic E-state index is 12.3. The fourth-order valence-corrected chi connectivity index (χ4v) is 3.69. The van der Waals surface area contributed by atoms with Gasteiger partial charge >= 0.3 is 0 Å². The van der Waals surface area contributed by atoms with Crippen LogP contribution in [0.25, 0.3) is 0 Å². The zero-order valence-corrected chi connectivity index (χ0v) is 13.6. The SMILES string of the molecule is CN(C(=O)CNC(=O)Cc1ccccc1)C1CC2CCC(C1)N2. The normalized spacial score (nSPS) is 25.9. The third-order valence-corrected chi connectivity index (χ3v) is 5.03. The van der Waals surface area contributed by atoms with Crippen molar-refractivity contribution in [3.63, 3.8) is 0 Å². The molecule has 1 aromatic carbocycles. The topological polar surface area (TPSA) is 61.4 Å². The number of nitrogens with one attached hydrogen (secondary N) is 2. The second-order valence-corrected chi connectivity index (χ2v) is 6.71. The Morgan fingerprint density at radius 2 is 1.83 bits per heavy atom. The molecule has 2 amide bonds. The van der Waals surface area contributed by atoms with E-state index in [9.17, 15) is 9.59 Å². The summed E-state index contributed by atoms with van der Waals surface area (Å²) in [5.74, 6) is -0.110. The van der Waals surface area contributed by atoms with Crippen LogP contribution in [0.3, 0.4) is 0 Å². The van der Waals surface area contributed by atoms with Crippen molar-refractivity contribution in [3.05, 3.63) is 35.9 Å². The van der Waals surface area contributed by atoms with Crippen molar-refractivity contribution >= 4 is 11.8 Å². The van der Waals surface area contributed by atoms with Gasteiger partial charge in [0, 0.05) is 25.2 Å². The first kappa shape index (κ1) is 16.0. The van der Waals surface area contributed by atoms with Gasteiger partial charge in [0.05, 0.1) is 13.0 Å². The first-order valence-electron chi connectivity index (χ1n) is 8.44. The highest BCUT2D eigenvalue weighted by atomic mass is 16.2. The Hall–Kier alpha value is -1.88. The van der Waals surface area contributed by atoms with Crippen LogP contribution in [-0.4, -0.2) is 48.4 Å². The second kappa shape index (κ2) is 7.13. The maximum absolute atomic E-state index is 12.3. The van der Waals surface area contributed by atoms with Crippen LogP contribution in [0.15, 0.2) is 30.3 Å². The summed E-state index contributed by atoms with van der Waals surface area (Å²) < 4.78 is 0. The number of carbonyl (C=O) groups is 2. The van der Waals surface area contributed by atoms with Gasteiger partial charge in [0.15, 0.2) is 0 Å². The van der Waals surface area contributed by atoms with Gasteiger partial charge in [-0.3, -0.25) is 9.59 Å². The fourth-order valence-electron chi connectivity index (χ4n) is 3.69. The van der Waals surface area contributed by atoms with E-state index in [1.165, 1.54) is 12.8 Å². The summed E-state index contributed by atoms with van der Waals surface area (Å²) in [4.78, 5) is 26.1. The van der Waals surface area contributed by atoms with Crippen LogP contribution in [0.5, 0.6) is 0 Å². The largest absolute Gasteiger partial charge is 0.347 e. The molecule has 2 heterocycles. The number of benzene rings is 1. The number of piperidine rings is 1. The second-order valence-electron chi connectivity index (χ2n) is 6.71. The lowest BCUT2D eigenvalue weighted by Crippen LogP contribution is -2.50. The standard InChI is InChI=1S/C18H25N3O2/c1-21(16-10-14-7-8-15(11-16)20-14)18(23)12-19-17(22)9-13-5-3-2-4-6-13/h2-6,14-16,20H,7-12H2,1H3,(H,19,22). The number of hydrogen-bond acceptors (Lipinski definition) is 3. The Kier molecular flexibility index (Phi) is 4.96. The van der Waals surface area contributed by atoms with Crippen molar-refractivity contribution in [2.45, 2.75) is 50.2 Å². The molecule has 2 unspecified atom stereocenters. The molecule has 0 aliphatic carbocycles. The molecule has 0 saturated carbocycles. The van der Waals surface area contributed by atoms with Gasteiger partial charge < -0.3 is 15.5 Å². The van der Waals surface area contributed by atoms with Gasteiger partial charge in [-0.25, -0.2) is 0 Å². The Balaban J connectivity index is 1.44. The lowest BCUT2D eigenvalue weighted by molar-refractivity contribution is -0.134. The van der Waals surface area contributed by atoms with Gasteiger partial charge in [-0.15, -0.1) is 0 Å². The fraction of sp³-hybridized carbons (Fsp3) is 0.556. The first-order chi connectivity index (χ1) is 11.1. The number of hydrogen-bond donors (Lipinski definition) is 2. The molecule has 5 heteroatoms. The summed E-state index contributed by atoms with van der Waals surface area (Å²) in [6, 6.07) is 11.0. The van der Waals surface area contributed by atoms with E-state index in [0.717, 1.165) is 18.4 Å². The molecule has 0 aromatic heterocycles. The van der Waals surface area contributed by atoms with Gasteiger partial charge in [-0.2, -0.15) is 0 Å². The van der Waals surface area contributed by atoms with Gasteiger partial charge in [0.25, 0.3) is 0 Å². The molecule has 2 atom stereocenters. The minimum Gasteiger partial charge on any atom is -0.347 e.